The third-order valence-corrected chi connectivity index (χ3v) is 1.90. The smallest absolute Gasteiger partial charge is 0.143 e. The molecule has 1 rings (SSSR count). The maximum atomic E-state index is 11.2. The molecule has 1 aromatic rings. The fourth-order valence-electron chi connectivity index (χ4n) is 1.24. The minimum atomic E-state index is -0.0758. The molecule has 0 atom stereocenters. The predicted molar refractivity (Wildman–Crippen MR) is 60.4 cm³/mol. The molecule has 0 heterocycles. The first-order chi connectivity index (χ1) is 7.18. The summed E-state index contributed by atoms with van der Waals surface area (Å²) in [6.07, 6.45) is 4.05. The van der Waals surface area contributed by atoms with Crippen LogP contribution in [0.3, 0.4) is 0 Å². The minimum absolute atomic E-state index is 0.0327. The highest BCUT2D eigenvalue weighted by atomic mass is 16.1. The third-order valence-electron chi connectivity index (χ3n) is 1.90. The topological polar surface area (TPSA) is 34.1 Å². The van der Waals surface area contributed by atoms with E-state index in [0.29, 0.717) is 6.42 Å². The van der Waals surface area contributed by atoms with Crippen molar-refractivity contribution in [2.24, 2.45) is 0 Å². The molecular weight excluding hydrogens is 188 g/mol. The normalized spacial score (nSPS) is 10.5. The molecule has 78 valence electrons. The van der Waals surface area contributed by atoms with Gasteiger partial charge < -0.3 is 0 Å². The molecule has 0 aromatic heterocycles. The highest BCUT2D eigenvalue weighted by Gasteiger charge is 2.01. The predicted octanol–water partition coefficient (Wildman–Crippen LogP) is 2.64. The van der Waals surface area contributed by atoms with E-state index in [0.717, 1.165) is 5.56 Å². The second kappa shape index (κ2) is 5.91. The molecule has 0 aliphatic heterocycles. The number of rotatable bonds is 5. The zero-order valence-corrected chi connectivity index (χ0v) is 8.77. The van der Waals surface area contributed by atoms with Crippen molar-refractivity contribution < 1.29 is 9.59 Å². The van der Waals surface area contributed by atoms with Gasteiger partial charge in [0.2, 0.25) is 0 Å². The van der Waals surface area contributed by atoms with E-state index in [1.807, 2.05) is 36.4 Å². The Bertz CT molecular complexity index is 363. The summed E-state index contributed by atoms with van der Waals surface area (Å²) < 4.78 is 0. The molecule has 0 spiro atoms. The molecule has 0 amide bonds. The van der Waals surface area contributed by atoms with Crippen LogP contribution in [0.4, 0.5) is 0 Å². The summed E-state index contributed by atoms with van der Waals surface area (Å²) in [5.41, 5.74) is 1.06. The summed E-state index contributed by atoms with van der Waals surface area (Å²) in [4.78, 5) is 21.8. The van der Waals surface area contributed by atoms with E-state index in [2.05, 4.69) is 0 Å². The first-order valence-electron chi connectivity index (χ1n) is 4.91. The van der Waals surface area contributed by atoms with E-state index in [1.165, 1.54) is 6.92 Å². The average Bonchev–Trinajstić information content (AvgIpc) is 2.18. The molecule has 1 aromatic carbocycles. The Kier molecular flexibility index (Phi) is 4.48. The highest BCUT2D eigenvalue weighted by Crippen LogP contribution is 2.02. The maximum Gasteiger partial charge on any atom is 0.143 e. The van der Waals surface area contributed by atoms with E-state index in [9.17, 15) is 9.59 Å². The number of ketones is 2. The second-order valence-electron chi connectivity index (χ2n) is 3.43. The summed E-state index contributed by atoms with van der Waals surface area (Å²) in [6.45, 7) is 1.43. The lowest BCUT2D eigenvalue weighted by Gasteiger charge is -1.93. The molecule has 0 bridgehead atoms. The molecule has 2 nitrogen and oxygen atoms in total. The Labute approximate surface area is 89.6 Å². The Morgan fingerprint density at radius 3 is 2.47 bits per heavy atom. The molecule has 2 heteroatoms. The first kappa shape index (κ1) is 11.4. The van der Waals surface area contributed by atoms with Gasteiger partial charge in [0.15, 0.2) is 0 Å². The zero-order chi connectivity index (χ0) is 11.1. The van der Waals surface area contributed by atoms with Crippen LogP contribution in [0.1, 0.15) is 25.3 Å². The molecule has 0 saturated heterocycles. The fraction of sp³-hybridized carbons (Fsp3) is 0.231. The molecule has 0 unspecified atom stereocenters. The van der Waals surface area contributed by atoms with Gasteiger partial charge in [-0.15, -0.1) is 0 Å². The lowest BCUT2D eigenvalue weighted by atomic mass is 10.1. The first-order valence-corrected chi connectivity index (χ1v) is 4.91. The number of hydrogen-bond donors (Lipinski definition) is 0. The van der Waals surface area contributed by atoms with Crippen molar-refractivity contribution in [3.63, 3.8) is 0 Å². The van der Waals surface area contributed by atoms with Gasteiger partial charge in [0, 0.05) is 6.42 Å². The zero-order valence-electron chi connectivity index (χ0n) is 8.77. The Morgan fingerprint density at radius 2 is 1.87 bits per heavy atom. The van der Waals surface area contributed by atoms with Gasteiger partial charge in [0.1, 0.15) is 11.6 Å². The minimum Gasteiger partial charge on any atom is -0.300 e. The van der Waals surface area contributed by atoms with Gasteiger partial charge in [-0.1, -0.05) is 42.5 Å². The van der Waals surface area contributed by atoms with Crippen LogP contribution in [0.5, 0.6) is 0 Å². The molecule has 0 fully saturated rings. The number of allylic oxidation sites excluding steroid dienone is 1. The van der Waals surface area contributed by atoms with Crippen LogP contribution in [-0.4, -0.2) is 11.6 Å². The summed E-state index contributed by atoms with van der Waals surface area (Å²) >= 11 is 0. The molecule has 0 N–H and O–H groups in total. The Balaban J connectivity index is 2.40. The lowest BCUT2D eigenvalue weighted by molar-refractivity contribution is -0.125. The number of carbonyl (C=O) groups is 2. The number of benzene rings is 1. The van der Waals surface area contributed by atoms with Crippen molar-refractivity contribution in [2.45, 2.75) is 19.8 Å². The number of carbonyl (C=O) groups excluding carboxylic acids is 2. The fourth-order valence-corrected chi connectivity index (χ4v) is 1.24. The summed E-state index contributed by atoms with van der Waals surface area (Å²) in [7, 11) is 0. The van der Waals surface area contributed by atoms with Crippen molar-refractivity contribution >= 4 is 17.6 Å². The van der Waals surface area contributed by atoms with Crippen LogP contribution in [0, 0.1) is 0 Å². The summed E-state index contributed by atoms with van der Waals surface area (Å²) in [5.74, 6) is -0.109. The lowest BCUT2D eigenvalue weighted by Crippen LogP contribution is -2.02. The maximum absolute atomic E-state index is 11.2. The van der Waals surface area contributed by atoms with E-state index in [-0.39, 0.29) is 18.0 Å². The molecule has 15 heavy (non-hydrogen) atoms. The quantitative estimate of drug-likeness (QED) is 0.688. The van der Waals surface area contributed by atoms with Crippen LogP contribution in [0.15, 0.2) is 36.4 Å². The van der Waals surface area contributed by atoms with Crippen LogP contribution in [-0.2, 0) is 9.59 Å². The van der Waals surface area contributed by atoms with Crippen molar-refractivity contribution in [3.05, 3.63) is 42.0 Å². The van der Waals surface area contributed by atoms with E-state index < -0.39 is 0 Å². The second-order valence-corrected chi connectivity index (χ2v) is 3.43. The third kappa shape index (κ3) is 4.91. The van der Waals surface area contributed by atoms with Crippen molar-refractivity contribution in [2.75, 3.05) is 0 Å². The van der Waals surface area contributed by atoms with Gasteiger partial charge in [-0.2, -0.15) is 0 Å². The van der Waals surface area contributed by atoms with Crippen LogP contribution in [0.2, 0.25) is 0 Å². The number of hydrogen-bond acceptors (Lipinski definition) is 2. The SMILES string of the molecule is CC(=O)CC(=O)CC=Cc1ccccc1. The van der Waals surface area contributed by atoms with Gasteiger partial charge in [-0.05, 0) is 12.5 Å². The Hall–Kier alpha value is -1.70. The molecule has 0 aliphatic rings. The van der Waals surface area contributed by atoms with Gasteiger partial charge in [-0.25, -0.2) is 0 Å². The van der Waals surface area contributed by atoms with Crippen molar-refractivity contribution in [3.8, 4) is 0 Å². The van der Waals surface area contributed by atoms with Crippen LogP contribution >= 0.6 is 0 Å². The number of Topliss-reactive ketones (excluding diaryl/α,β-unsaturated/α-hetero) is 2. The molecular formula is C13H14O2. The van der Waals surface area contributed by atoms with Crippen molar-refractivity contribution in [1.29, 1.82) is 0 Å². The largest absolute Gasteiger partial charge is 0.300 e. The Morgan fingerprint density at radius 1 is 1.20 bits per heavy atom. The van der Waals surface area contributed by atoms with Crippen LogP contribution < -0.4 is 0 Å². The van der Waals surface area contributed by atoms with Gasteiger partial charge in [-0.3, -0.25) is 9.59 Å². The van der Waals surface area contributed by atoms with E-state index in [1.54, 1.807) is 6.08 Å². The summed E-state index contributed by atoms with van der Waals surface area (Å²) in [5, 5.41) is 0. The standard InChI is InChI=1S/C13H14O2/c1-11(14)10-13(15)9-5-8-12-6-3-2-4-7-12/h2-8H,9-10H2,1H3. The summed E-state index contributed by atoms with van der Waals surface area (Å²) in [6, 6.07) is 9.75. The molecule has 0 aliphatic carbocycles. The van der Waals surface area contributed by atoms with Gasteiger partial charge in [0.05, 0.1) is 6.42 Å². The van der Waals surface area contributed by atoms with Crippen molar-refractivity contribution in [1.82, 2.24) is 0 Å². The van der Waals surface area contributed by atoms with Crippen LogP contribution in [0.25, 0.3) is 6.08 Å². The van der Waals surface area contributed by atoms with E-state index >= 15 is 0 Å². The monoisotopic (exact) mass is 202 g/mol. The van der Waals surface area contributed by atoms with Gasteiger partial charge >= 0.3 is 0 Å². The average molecular weight is 202 g/mol. The molecule has 0 radical (unpaired) electrons. The molecule has 0 saturated carbocycles. The van der Waals surface area contributed by atoms with Gasteiger partial charge in [0.25, 0.3) is 0 Å². The highest BCUT2D eigenvalue weighted by molar-refractivity contribution is 5.98. The van der Waals surface area contributed by atoms with E-state index in [4.69, 9.17) is 0 Å².